The van der Waals surface area contributed by atoms with Gasteiger partial charge in [0.15, 0.2) is 13.6 Å². The molecule has 0 saturated carbocycles. The summed E-state index contributed by atoms with van der Waals surface area (Å²) in [6.45, 7) is 4.10. The minimum absolute atomic E-state index is 0.00991. The van der Waals surface area contributed by atoms with E-state index in [1.165, 1.54) is 20.3 Å². The number of H-pyrrole nitrogens is 1. The fraction of sp³-hybridized carbons (Fsp3) is 0.360. The molecule has 3 aromatic rings. The number of hydrogen-bond acceptors (Lipinski definition) is 8. The second-order valence-electron chi connectivity index (χ2n) is 8.06. The minimum atomic E-state index is -1.17. The highest BCUT2D eigenvalue weighted by Gasteiger charge is 2.21. The van der Waals surface area contributed by atoms with E-state index in [1.807, 2.05) is 18.2 Å². The second-order valence-corrected chi connectivity index (χ2v) is 8.06. The summed E-state index contributed by atoms with van der Waals surface area (Å²) >= 11 is 0. The van der Waals surface area contributed by atoms with Gasteiger partial charge in [0.25, 0.3) is 0 Å². The molecule has 0 radical (unpaired) electrons. The highest BCUT2D eigenvalue weighted by molar-refractivity contribution is 5.98. The Labute approximate surface area is 204 Å². The predicted molar refractivity (Wildman–Crippen MR) is 130 cm³/mol. The van der Waals surface area contributed by atoms with Crippen molar-refractivity contribution in [2.75, 3.05) is 40.2 Å². The van der Waals surface area contributed by atoms with E-state index in [9.17, 15) is 9.90 Å². The molecular formula is C25H31N3O7. The Morgan fingerprint density at radius 3 is 2.43 bits per heavy atom. The number of carboxylic acids is 1. The molecule has 2 aromatic carbocycles. The van der Waals surface area contributed by atoms with E-state index >= 15 is 0 Å². The monoisotopic (exact) mass is 485 g/mol. The summed E-state index contributed by atoms with van der Waals surface area (Å²) < 4.78 is 26.3. The number of nitrogens with zero attached hydrogens (tertiary/aromatic N) is 1. The van der Waals surface area contributed by atoms with Crippen molar-refractivity contribution in [2.45, 2.75) is 26.2 Å². The van der Waals surface area contributed by atoms with Crippen LogP contribution >= 0.6 is 0 Å². The molecule has 3 N–H and O–H groups in total. The Kier molecular flexibility index (Phi) is 8.93. The number of aromatic carboxylic acids is 1. The first-order valence-corrected chi connectivity index (χ1v) is 11.0. The SMILES string of the molecule is COCOc1cc(Nc2cc(Cc3ccc(OC)c(C(C)C)c3)n[nH]2)c(C(=O)O)c(OCOC)c1. The third-order valence-electron chi connectivity index (χ3n) is 5.17. The number of methoxy groups -OCH3 is 3. The van der Waals surface area contributed by atoms with Crippen LogP contribution in [0.4, 0.5) is 11.5 Å². The average molecular weight is 486 g/mol. The molecule has 10 heteroatoms. The van der Waals surface area contributed by atoms with E-state index in [0.29, 0.717) is 23.9 Å². The number of carboxylic acid groups (broad SMARTS) is 1. The van der Waals surface area contributed by atoms with Gasteiger partial charge in [-0.3, -0.25) is 5.10 Å². The number of anilines is 2. The lowest BCUT2D eigenvalue weighted by atomic mass is 9.98. The Morgan fingerprint density at radius 1 is 1.03 bits per heavy atom. The fourth-order valence-electron chi connectivity index (χ4n) is 3.57. The van der Waals surface area contributed by atoms with Crippen molar-refractivity contribution in [3.8, 4) is 17.2 Å². The standard InChI is InChI=1S/C25H31N3O7/c1-15(2)19-9-16(6-7-21(19)33-5)8-17-10-23(28-27-17)26-20-11-18(34-13-31-3)12-22(35-14-32-4)24(20)25(29)30/h6-7,9-12,15H,8,13-14H2,1-5H3,(H,29,30)(H2,26,27,28). The van der Waals surface area contributed by atoms with E-state index < -0.39 is 5.97 Å². The van der Waals surface area contributed by atoms with Gasteiger partial charge >= 0.3 is 5.97 Å². The molecule has 10 nitrogen and oxygen atoms in total. The van der Waals surface area contributed by atoms with Crippen molar-refractivity contribution in [1.82, 2.24) is 10.2 Å². The minimum Gasteiger partial charge on any atom is -0.496 e. The van der Waals surface area contributed by atoms with Gasteiger partial charge in [-0.1, -0.05) is 26.0 Å². The molecular weight excluding hydrogens is 454 g/mol. The topological polar surface area (TPSA) is 124 Å². The molecule has 1 aromatic heterocycles. The quantitative estimate of drug-likeness (QED) is 0.299. The molecule has 0 saturated heterocycles. The van der Waals surface area contributed by atoms with Crippen molar-refractivity contribution < 1.29 is 33.6 Å². The molecule has 0 amide bonds. The van der Waals surface area contributed by atoms with Crippen molar-refractivity contribution in [1.29, 1.82) is 0 Å². The summed E-state index contributed by atoms with van der Waals surface area (Å²) in [6, 6.07) is 10.9. The molecule has 0 spiro atoms. The van der Waals surface area contributed by atoms with Gasteiger partial charge in [0, 0.05) is 38.8 Å². The van der Waals surface area contributed by atoms with Crippen LogP contribution in [0, 0.1) is 0 Å². The van der Waals surface area contributed by atoms with E-state index in [1.54, 1.807) is 13.2 Å². The predicted octanol–water partition coefficient (Wildman–Crippen LogP) is 4.54. The van der Waals surface area contributed by atoms with Gasteiger partial charge in [-0.15, -0.1) is 0 Å². The third kappa shape index (κ3) is 6.65. The van der Waals surface area contributed by atoms with Crippen LogP contribution in [-0.2, 0) is 15.9 Å². The average Bonchev–Trinajstić information content (AvgIpc) is 3.27. The highest BCUT2D eigenvalue weighted by Crippen LogP contribution is 2.35. The molecule has 0 aliphatic carbocycles. The lowest BCUT2D eigenvalue weighted by Crippen LogP contribution is -2.10. The van der Waals surface area contributed by atoms with Gasteiger partial charge in [0.05, 0.1) is 18.5 Å². The lowest BCUT2D eigenvalue weighted by molar-refractivity contribution is 0.0447. The number of rotatable bonds is 13. The van der Waals surface area contributed by atoms with Gasteiger partial charge in [0.1, 0.15) is 28.6 Å². The van der Waals surface area contributed by atoms with Gasteiger partial charge in [-0.25, -0.2) is 4.79 Å². The third-order valence-corrected chi connectivity index (χ3v) is 5.17. The van der Waals surface area contributed by atoms with Crippen LogP contribution in [0.15, 0.2) is 36.4 Å². The number of carbonyl (C=O) groups is 1. The maximum Gasteiger partial charge on any atom is 0.341 e. The first-order valence-electron chi connectivity index (χ1n) is 11.0. The summed E-state index contributed by atoms with van der Waals surface area (Å²) in [5.74, 6) is 0.978. The number of aromatic amines is 1. The summed E-state index contributed by atoms with van der Waals surface area (Å²) in [5.41, 5.74) is 3.19. The molecule has 188 valence electrons. The fourth-order valence-corrected chi connectivity index (χ4v) is 3.57. The zero-order valence-electron chi connectivity index (χ0n) is 20.5. The molecule has 0 fully saturated rings. The van der Waals surface area contributed by atoms with Crippen LogP contribution in [0.3, 0.4) is 0 Å². The van der Waals surface area contributed by atoms with Crippen molar-refractivity contribution in [3.05, 3.63) is 58.8 Å². The van der Waals surface area contributed by atoms with Gasteiger partial charge in [0.2, 0.25) is 0 Å². The Morgan fingerprint density at radius 2 is 1.77 bits per heavy atom. The zero-order valence-corrected chi connectivity index (χ0v) is 20.5. The molecule has 0 aliphatic rings. The van der Waals surface area contributed by atoms with Gasteiger partial charge < -0.3 is 34.1 Å². The van der Waals surface area contributed by atoms with Crippen LogP contribution in [0.2, 0.25) is 0 Å². The van der Waals surface area contributed by atoms with Crippen molar-refractivity contribution in [3.63, 3.8) is 0 Å². The van der Waals surface area contributed by atoms with Crippen LogP contribution in [-0.4, -0.2) is 56.2 Å². The van der Waals surface area contributed by atoms with Gasteiger partial charge in [-0.05, 0) is 23.1 Å². The van der Waals surface area contributed by atoms with Crippen LogP contribution < -0.4 is 19.5 Å². The summed E-state index contributed by atoms with van der Waals surface area (Å²) in [6.07, 6.45) is 0.590. The summed E-state index contributed by atoms with van der Waals surface area (Å²) in [5, 5.41) is 20.2. The smallest absolute Gasteiger partial charge is 0.341 e. The zero-order chi connectivity index (χ0) is 25.4. The number of ether oxygens (including phenoxy) is 5. The normalized spacial score (nSPS) is 10.9. The molecule has 0 bridgehead atoms. The summed E-state index contributed by atoms with van der Waals surface area (Å²) in [4.78, 5) is 12.0. The lowest BCUT2D eigenvalue weighted by Gasteiger charge is -2.16. The molecule has 35 heavy (non-hydrogen) atoms. The first kappa shape index (κ1) is 25.9. The number of hydrogen-bond donors (Lipinski definition) is 3. The Hall–Kier alpha value is -3.76. The molecule has 3 rings (SSSR count). The maximum absolute atomic E-state index is 12.0. The van der Waals surface area contributed by atoms with E-state index in [-0.39, 0.29) is 30.6 Å². The molecule has 1 heterocycles. The van der Waals surface area contributed by atoms with Gasteiger partial charge in [-0.2, -0.15) is 5.10 Å². The van der Waals surface area contributed by atoms with Crippen LogP contribution in [0.5, 0.6) is 17.2 Å². The second kappa shape index (κ2) is 12.1. The van der Waals surface area contributed by atoms with Crippen molar-refractivity contribution >= 4 is 17.5 Å². The van der Waals surface area contributed by atoms with Crippen LogP contribution in [0.1, 0.15) is 46.9 Å². The largest absolute Gasteiger partial charge is 0.496 e. The Balaban J connectivity index is 1.87. The molecule has 0 unspecified atom stereocenters. The number of benzene rings is 2. The van der Waals surface area contributed by atoms with E-state index in [4.69, 9.17) is 23.7 Å². The number of nitrogens with one attached hydrogen (secondary N) is 2. The van der Waals surface area contributed by atoms with Crippen molar-refractivity contribution in [2.24, 2.45) is 0 Å². The number of aromatic nitrogens is 2. The van der Waals surface area contributed by atoms with E-state index in [2.05, 4.69) is 35.4 Å². The molecule has 0 atom stereocenters. The summed E-state index contributed by atoms with van der Waals surface area (Å²) in [7, 11) is 4.61. The molecule has 0 aliphatic heterocycles. The maximum atomic E-state index is 12.0. The first-order chi connectivity index (χ1) is 16.9. The van der Waals surface area contributed by atoms with Crippen LogP contribution in [0.25, 0.3) is 0 Å². The Bertz CT molecular complexity index is 1140. The van der Waals surface area contributed by atoms with E-state index in [0.717, 1.165) is 22.6 Å². The highest BCUT2D eigenvalue weighted by atomic mass is 16.7.